The van der Waals surface area contributed by atoms with E-state index in [-0.39, 0.29) is 18.1 Å². The highest BCUT2D eigenvalue weighted by atomic mass is 19.1. The highest BCUT2D eigenvalue weighted by Gasteiger charge is 2.20. The van der Waals surface area contributed by atoms with Crippen LogP contribution in [0.4, 0.5) is 4.39 Å². The zero-order valence-electron chi connectivity index (χ0n) is 13.8. The highest BCUT2D eigenvalue weighted by molar-refractivity contribution is 5.88. The summed E-state index contributed by atoms with van der Waals surface area (Å²) >= 11 is 0. The molecule has 0 aliphatic heterocycles. The van der Waals surface area contributed by atoms with Crippen LogP contribution in [-0.4, -0.2) is 28.1 Å². The normalized spacial score (nSPS) is 10.5. The van der Waals surface area contributed by atoms with E-state index in [4.69, 9.17) is 9.47 Å². The van der Waals surface area contributed by atoms with Crippen LogP contribution in [0.3, 0.4) is 0 Å². The van der Waals surface area contributed by atoms with Crippen LogP contribution < -0.4 is 4.74 Å². The second-order valence-corrected chi connectivity index (χ2v) is 5.31. The molecule has 25 heavy (non-hydrogen) atoms. The van der Waals surface area contributed by atoms with Crippen molar-refractivity contribution in [1.29, 1.82) is 0 Å². The third kappa shape index (κ3) is 3.50. The number of benzene rings is 2. The number of nitrogens with zero attached hydrogens (tertiary/aromatic N) is 3. The Morgan fingerprint density at radius 3 is 2.76 bits per heavy atom. The van der Waals surface area contributed by atoms with Crippen LogP contribution in [0, 0.1) is 12.7 Å². The highest BCUT2D eigenvalue weighted by Crippen LogP contribution is 2.23. The van der Waals surface area contributed by atoms with E-state index in [0.29, 0.717) is 22.7 Å². The molecule has 1 aromatic heterocycles. The monoisotopic (exact) mass is 341 g/mol. The average Bonchev–Trinajstić information content (AvgIpc) is 3.01. The van der Waals surface area contributed by atoms with Crippen molar-refractivity contribution in [2.24, 2.45) is 0 Å². The van der Waals surface area contributed by atoms with Crippen molar-refractivity contribution in [1.82, 2.24) is 15.0 Å². The molecule has 0 amide bonds. The first-order valence-electron chi connectivity index (χ1n) is 7.57. The number of esters is 1. The van der Waals surface area contributed by atoms with Gasteiger partial charge in [-0.25, -0.2) is 13.9 Å². The van der Waals surface area contributed by atoms with Gasteiger partial charge in [0.1, 0.15) is 23.9 Å². The predicted molar refractivity (Wildman–Crippen MR) is 88.2 cm³/mol. The van der Waals surface area contributed by atoms with E-state index in [2.05, 4.69) is 10.3 Å². The Bertz CT molecular complexity index is 908. The van der Waals surface area contributed by atoms with Crippen LogP contribution >= 0.6 is 0 Å². The van der Waals surface area contributed by atoms with Crippen molar-refractivity contribution in [2.45, 2.75) is 13.5 Å². The molecule has 3 rings (SSSR count). The van der Waals surface area contributed by atoms with Crippen LogP contribution in [0.2, 0.25) is 0 Å². The number of hydrogen-bond acceptors (Lipinski definition) is 5. The van der Waals surface area contributed by atoms with Gasteiger partial charge in [0.25, 0.3) is 0 Å². The van der Waals surface area contributed by atoms with Gasteiger partial charge in [-0.2, -0.15) is 0 Å². The molecule has 0 saturated carbocycles. The zero-order chi connectivity index (χ0) is 17.8. The van der Waals surface area contributed by atoms with E-state index in [0.717, 1.165) is 0 Å². The molecular weight excluding hydrogens is 325 g/mol. The van der Waals surface area contributed by atoms with Gasteiger partial charge in [-0.1, -0.05) is 29.5 Å². The number of rotatable bonds is 5. The lowest BCUT2D eigenvalue weighted by Gasteiger charge is -2.09. The summed E-state index contributed by atoms with van der Waals surface area (Å²) in [5, 5.41) is 7.92. The molecule has 1 heterocycles. The van der Waals surface area contributed by atoms with Crippen molar-refractivity contribution in [3.8, 4) is 11.4 Å². The summed E-state index contributed by atoms with van der Waals surface area (Å²) in [7, 11) is 1.55. The van der Waals surface area contributed by atoms with Gasteiger partial charge < -0.3 is 9.47 Å². The third-order valence-corrected chi connectivity index (χ3v) is 3.66. The van der Waals surface area contributed by atoms with E-state index >= 15 is 0 Å². The Balaban J connectivity index is 1.79. The molecular formula is C18H16FN3O3. The van der Waals surface area contributed by atoms with Crippen LogP contribution in [0.25, 0.3) is 5.69 Å². The fourth-order valence-corrected chi connectivity index (χ4v) is 2.40. The second kappa shape index (κ2) is 7.12. The summed E-state index contributed by atoms with van der Waals surface area (Å²) in [5.41, 5.74) is 1.85. The number of halogens is 1. The van der Waals surface area contributed by atoms with Crippen LogP contribution in [-0.2, 0) is 11.3 Å². The quantitative estimate of drug-likeness (QED) is 0.667. The van der Waals surface area contributed by atoms with E-state index in [1.165, 1.54) is 16.8 Å². The summed E-state index contributed by atoms with van der Waals surface area (Å²) < 4.78 is 25.2. The van der Waals surface area contributed by atoms with Crippen LogP contribution in [0.5, 0.6) is 5.75 Å². The van der Waals surface area contributed by atoms with Crippen molar-refractivity contribution in [3.05, 3.63) is 71.3 Å². The van der Waals surface area contributed by atoms with Gasteiger partial charge in [0, 0.05) is 0 Å². The van der Waals surface area contributed by atoms with Crippen molar-refractivity contribution in [2.75, 3.05) is 7.11 Å². The molecule has 7 heteroatoms. The summed E-state index contributed by atoms with van der Waals surface area (Å²) in [6, 6.07) is 13.1. The summed E-state index contributed by atoms with van der Waals surface area (Å²) in [6.45, 7) is 1.67. The molecule has 0 radical (unpaired) electrons. The Morgan fingerprint density at radius 1 is 1.20 bits per heavy atom. The van der Waals surface area contributed by atoms with Gasteiger partial charge in [-0.05, 0) is 36.8 Å². The molecule has 0 atom stereocenters. The third-order valence-electron chi connectivity index (χ3n) is 3.66. The number of carbonyl (C=O) groups excluding carboxylic acids is 1. The Hall–Kier alpha value is -3.22. The van der Waals surface area contributed by atoms with E-state index < -0.39 is 5.97 Å². The maximum atomic E-state index is 13.2. The fraction of sp³-hybridized carbons (Fsp3) is 0.167. The number of para-hydroxylation sites is 2. The standard InChI is InChI=1S/C18H16FN3O3/c1-12-17(18(23)25-11-13-6-5-7-14(19)10-13)20-21-22(12)15-8-3-4-9-16(15)24-2/h3-10H,11H2,1-2H3. The largest absolute Gasteiger partial charge is 0.494 e. The number of methoxy groups -OCH3 is 1. The SMILES string of the molecule is COc1ccccc1-n1nnc(C(=O)OCc2cccc(F)c2)c1C. The first-order valence-corrected chi connectivity index (χ1v) is 7.57. The number of ether oxygens (including phenoxy) is 2. The van der Waals surface area contributed by atoms with Gasteiger partial charge in [0.15, 0.2) is 5.69 Å². The molecule has 0 bridgehead atoms. The van der Waals surface area contributed by atoms with Crippen LogP contribution in [0.1, 0.15) is 21.7 Å². The molecule has 0 N–H and O–H groups in total. The van der Waals surface area contributed by atoms with Gasteiger partial charge in [-0.3, -0.25) is 0 Å². The molecule has 6 nitrogen and oxygen atoms in total. The number of hydrogen-bond donors (Lipinski definition) is 0. The average molecular weight is 341 g/mol. The van der Waals surface area contributed by atoms with Gasteiger partial charge in [-0.15, -0.1) is 5.10 Å². The molecule has 0 aliphatic rings. The molecule has 0 spiro atoms. The lowest BCUT2D eigenvalue weighted by atomic mass is 10.2. The Morgan fingerprint density at radius 2 is 2.00 bits per heavy atom. The zero-order valence-corrected chi connectivity index (χ0v) is 13.8. The first kappa shape index (κ1) is 16.6. The van der Waals surface area contributed by atoms with Crippen LogP contribution in [0.15, 0.2) is 48.5 Å². The Kier molecular flexibility index (Phi) is 4.74. The van der Waals surface area contributed by atoms with Crippen molar-refractivity contribution in [3.63, 3.8) is 0 Å². The molecule has 3 aromatic rings. The molecule has 0 fully saturated rings. The maximum absolute atomic E-state index is 13.2. The van der Waals surface area contributed by atoms with Crippen molar-refractivity contribution < 1.29 is 18.7 Å². The maximum Gasteiger partial charge on any atom is 0.361 e. The van der Waals surface area contributed by atoms with E-state index in [1.54, 1.807) is 32.2 Å². The Labute approximate surface area is 143 Å². The lowest BCUT2D eigenvalue weighted by Crippen LogP contribution is -2.08. The molecule has 0 aliphatic carbocycles. The lowest BCUT2D eigenvalue weighted by molar-refractivity contribution is 0.0464. The summed E-state index contributed by atoms with van der Waals surface area (Å²) in [4.78, 5) is 12.3. The second-order valence-electron chi connectivity index (χ2n) is 5.31. The molecule has 0 unspecified atom stereocenters. The predicted octanol–water partition coefficient (Wildman–Crippen LogP) is 3.08. The molecule has 128 valence electrons. The van der Waals surface area contributed by atoms with E-state index in [9.17, 15) is 9.18 Å². The topological polar surface area (TPSA) is 66.2 Å². The van der Waals surface area contributed by atoms with Gasteiger partial charge in [0.05, 0.1) is 12.8 Å². The molecule has 0 saturated heterocycles. The number of aromatic nitrogens is 3. The minimum atomic E-state index is -0.622. The fourth-order valence-electron chi connectivity index (χ4n) is 2.40. The summed E-state index contributed by atoms with van der Waals surface area (Å²) in [5.74, 6) is -0.398. The summed E-state index contributed by atoms with van der Waals surface area (Å²) in [6.07, 6.45) is 0. The smallest absolute Gasteiger partial charge is 0.361 e. The van der Waals surface area contributed by atoms with Gasteiger partial charge in [0.2, 0.25) is 0 Å². The van der Waals surface area contributed by atoms with Crippen molar-refractivity contribution >= 4 is 5.97 Å². The first-order chi connectivity index (χ1) is 12.1. The minimum Gasteiger partial charge on any atom is -0.494 e. The minimum absolute atomic E-state index is 0.0441. The molecule has 2 aromatic carbocycles. The number of carbonyl (C=O) groups is 1. The van der Waals surface area contributed by atoms with E-state index in [1.807, 2.05) is 18.2 Å². The van der Waals surface area contributed by atoms with Gasteiger partial charge >= 0.3 is 5.97 Å².